The third-order valence-corrected chi connectivity index (χ3v) is 9.86. The summed E-state index contributed by atoms with van der Waals surface area (Å²) in [6.45, 7) is 18.2. The molecule has 212 valence electrons. The van der Waals surface area contributed by atoms with Crippen molar-refractivity contribution in [2.75, 3.05) is 0 Å². The fourth-order valence-electron chi connectivity index (χ4n) is 5.74. The Morgan fingerprint density at radius 3 is 1.71 bits per heavy atom. The van der Waals surface area contributed by atoms with E-state index >= 15 is 0 Å². The summed E-state index contributed by atoms with van der Waals surface area (Å²) in [7, 11) is 0. The van der Waals surface area contributed by atoms with E-state index < -0.39 is 0 Å². The Balaban J connectivity index is 0.000000179. The minimum absolute atomic E-state index is 0.163. The Kier molecular flexibility index (Phi) is 10.4. The molecule has 0 N–H and O–H groups in total. The van der Waals surface area contributed by atoms with Crippen molar-refractivity contribution in [3.8, 4) is 11.1 Å². The Morgan fingerprint density at radius 1 is 0.714 bits per heavy atom. The zero-order valence-electron chi connectivity index (χ0n) is 26.7. The van der Waals surface area contributed by atoms with Crippen LogP contribution in [0.2, 0.25) is 0 Å². The maximum atomic E-state index is 3.69. The molecule has 4 aromatic carbocycles. The zero-order valence-corrected chi connectivity index (χ0v) is 30.2. The first-order valence-electron chi connectivity index (χ1n) is 15.0. The van der Waals surface area contributed by atoms with Crippen molar-refractivity contribution in [2.24, 2.45) is 0 Å². The number of fused-ring (bicyclic) bond motifs is 3. The second kappa shape index (κ2) is 13.6. The van der Waals surface area contributed by atoms with Gasteiger partial charge in [-0.15, -0.1) is 23.1 Å². The average molecular weight is 715 g/mol. The van der Waals surface area contributed by atoms with Crippen molar-refractivity contribution in [1.82, 2.24) is 0 Å². The Morgan fingerprint density at radius 2 is 1.26 bits per heavy atom. The molecule has 0 saturated carbocycles. The third kappa shape index (κ3) is 7.93. The Hall–Kier alpha value is -2.90. The molecular weight excluding hydrogens is 671 g/mol. The van der Waals surface area contributed by atoms with E-state index in [-0.39, 0.29) is 10.8 Å². The van der Waals surface area contributed by atoms with Crippen LogP contribution in [0.5, 0.6) is 0 Å². The monoisotopic (exact) mass is 716 g/mol. The van der Waals surface area contributed by atoms with Crippen molar-refractivity contribution in [3.05, 3.63) is 154 Å². The first-order valence-corrected chi connectivity index (χ1v) is 16.8. The molecule has 0 bridgehead atoms. The summed E-state index contributed by atoms with van der Waals surface area (Å²) in [5.74, 6) is 0. The van der Waals surface area contributed by atoms with Gasteiger partial charge in [0.15, 0.2) is 0 Å². The van der Waals surface area contributed by atoms with Gasteiger partial charge in [0.25, 0.3) is 0 Å². The van der Waals surface area contributed by atoms with E-state index in [9.17, 15) is 0 Å². The number of allylic oxidation sites excluding steroid dienone is 4. The molecule has 4 aromatic rings. The predicted octanol–water partition coefficient (Wildman–Crippen LogP) is 10.4. The second-order valence-electron chi connectivity index (χ2n) is 13.3. The van der Waals surface area contributed by atoms with E-state index in [4.69, 9.17) is 0 Å². The minimum atomic E-state index is 0.163. The van der Waals surface area contributed by atoms with Crippen LogP contribution < -0.4 is 0 Å². The summed E-state index contributed by atoms with van der Waals surface area (Å²) >= 11 is 1.08. The number of rotatable bonds is 2. The van der Waals surface area contributed by atoms with E-state index in [1.807, 2.05) is 12.2 Å². The summed E-state index contributed by atoms with van der Waals surface area (Å²) in [4.78, 5) is 0. The molecular formula is C41H44Hf. The van der Waals surface area contributed by atoms with Crippen LogP contribution in [0.1, 0.15) is 92.5 Å². The molecule has 0 fully saturated rings. The maximum absolute atomic E-state index is 3.69. The third-order valence-electron chi connectivity index (χ3n) is 7.79. The molecule has 2 aliphatic carbocycles. The van der Waals surface area contributed by atoms with E-state index in [2.05, 4.69) is 152 Å². The molecule has 0 spiro atoms. The summed E-state index contributed by atoms with van der Waals surface area (Å²) in [6.07, 6.45) is 11.0. The molecule has 0 aliphatic heterocycles. The van der Waals surface area contributed by atoms with Gasteiger partial charge in [-0.3, -0.25) is 6.08 Å². The molecule has 0 saturated heterocycles. The van der Waals surface area contributed by atoms with Crippen molar-refractivity contribution < 1.29 is 23.9 Å². The van der Waals surface area contributed by atoms with Gasteiger partial charge in [0, 0.05) is 0 Å². The van der Waals surface area contributed by atoms with E-state index in [1.54, 1.807) is 0 Å². The van der Waals surface area contributed by atoms with Gasteiger partial charge in [-0.25, -0.2) is 12.2 Å². The summed E-state index contributed by atoms with van der Waals surface area (Å²) in [5, 5.41) is 0. The van der Waals surface area contributed by atoms with Crippen molar-refractivity contribution >= 4 is 3.26 Å². The molecule has 0 atom stereocenters. The summed E-state index contributed by atoms with van der Waals surface area (Å²) < 4.78 is 1.46. The van der Waals surface area contributed by atoms with Crippen molar-refractivity contribution in [3.63, 3.8) is 0 Å². The van der Waals surface area contributed by atoms with E-state index in [1.165, 1.54) is 58.9 Å². The van der Waals surface area contributed by atoms with Gasteiger partial charge in [0.1, 0.15) is 0 Å². The molecule has 0 nitrogen and oxygen atoms in total. The molecule has 0 aromatic heterocycles. The number of hydrogen-bond donors (Lipinski definition) is 0. The first kappa shape index (κ1) is 32.0. The quantitative estimate of drug-likeness (QED) is 0.126. The van der Waals surface area contributed by atoms with E-state index in [0.717, 1.165) is 36.7 Å². The van der Waals surface area contributed by atoms with Gasteiger partial charge < -0.3 is 0 Å². The summed E-state index contributed by atoms with van der Waals surface area (Å²) in [5.41, 5.74) is 14.3. The van der Waals surface area contributed by atoms with Gasteiger partial charge in [0.05, 0.1) is 0 Å². The SMILES string of the molecule is Cc1[c-]c2c(cc1C(C)(C)C)-c1cc(C(C)(C)C)c(C)cc1C2.[C-]1=CC=CC1.[Hf+2]=[C](c1ccccc1)c1ccccc1. The predicted molar refractivity (Wildman–Crippen MR) is 178 cm³/mol. The van der Waals surface area contributed by atoms with Gasteiger partial charge >= 0.3 is 98.9 Å². The van der Waals surface area contributed by atoms with Gasteiger partial charge in [0.2, 0.25) is 0 Å². The average Bonchev–Trinajstić information content (AvgIpc) is 3.63. The first-order chi connectivity index (χ1) is 19.9. The second-order valence-corrected chi connectivity index (χ2v) is 15.1. The number of aryl methyl sites for hydroxylation is 2. The topological polar surface area (TPSA) is 0 Å². The normalized spacial score (nSPS) is 13.0. The fourth-order valence-corrected chi connectivity index (χ4v) is 6.94. The van der Waals surface area contributed by atoms with Crippen LogP contribution in [0, 0.1) is 26.0 Å². The molecule has 0 unspecified atom stereocenters. The standard InChI is InChI=1S/C23H29.C13H10.C5H5.Hf/c1-14-9-16-11-17-10-15(2)21(23(6,7)8)13-19(17)18(16)12-20(14)22(3,4)5;1-3-7-12(8-4-1)11-13-9-5-2-6-10-13;1-2-4-5-3-1;/h9,12-13H,11H2,1-8H3;1-10H;1-3H,4H2;/q-1;;-1;+2. The van der Waals surface area contributed by atoms with Crippen LogP contribution in [-0.4, -0.2) is 3.26 Å². The Bertz CT molecular complexity index is 1470. The molecule has 6 rings (SSSR count). The van der Waals surface area contributed by atoms with Gasteiger partial charge in [-0.1, -0.05) is 71.6 Å². The fraction of sp³-hybridized carbons (Fsp3) is 0.293. The van der Waals surface area contributed by atoms with Crippen LogP contribution in [0.3, 0.4) is 0 Å². The summed E-state index contributed by atoms with van der Waals surface area (Å²) in [6, 6.07) is 32.1. The zero-order chi connectivity index (χ0) is 30.5. The number of benzene rings is 4. The molecule has 0 heterocycles. The molecule has 2 aliphatic rings. The van der Waals surface area contributed by atoms with E-state index in [0.29, 0.717) is 0 Å². The van der Waals surface area contributed by atoms with Crippen molar-refractivity contribution in [2.45, 2.75) is 79.1 Å². The molecule has 42 heavy (non-hydrogen) atoms. The number of hydrogen-bond acceptors (Lipinski definition) is 0. The molecule has 0 amide bonds. The molecule has 1 heteroatoms. The van der Waals surface area contributed by atoms with Gasteiger partial charge in [-0.05, 0) is 35.4 Å². The van der Waals surface area contributed by atoms with Crippen LogP contribution in [-0.2, 0) is 41.1 Å². The Labute approximate surface area is 269 Å². The molecule has 0 radical (unpaired) electrons. The van der Waals surface area contributed by atoms with Crippen LogP contribution >= 0.6 is 0 Å². The van der Waals surface area contributed by atoms with Gasteiger partial charge in [-0.2, -0.15) is 23.8 Å². The van der Waals surface area contributed by atoms with Crippen LogP contribution in [0.15, 0.2) is 97.1 Å². The van der Waals surface area contributed by atoms with Crippen molar-refractivity contribution in [1.29, 1.82) is 0 Å². The van der Waals surface area contributed by atoms with Crippen LogP contribution in [0.25, 0.3) is 11.1 Å². The van der Waals surface area contributed by atoms with Crippen LogP contribution in [0.4, 0.5) is 0 Å².